The number of anilines is 4. The highest BCUT2D eigenvalue weighted by Crippen LogP contribution is 2.48. The SMILES string of the molecule is CC(C)(C)c1cc(N2CN(c3cccc(Oc4ccc5c6c(-n7c8ccc(-c9ccccc9)cc8c8cc(-c9ccccc9)ccc87)cccc6n(-c6cc(C(C)(C)C)ccn6)c5c4)c3)c3ccccc32)cc(C(C)(C)C)c1. The number of pyridine rings is 1. The predicted molar refractivity (Wildman–Crippen MR) is 328 cm³/mol. The molecule has 78 heavy (non-hydrogen) atoms. The third kappa shape index (κ3) is 8.57. The number of benzene rings is 9. The summed E-state index contributed by atoms with van der Waals surface area (Å²) < 4.78 is 11.8. The van der Waals surface area contributed by atoms with E-state index in [9.17, 15) is 0 Å². The van der Waals surface area contributed by atoms with Crippen molar-refractivity contribution in [1.29, 1.82) is 0 Å². The minimum Gasteiger partial charge on any atom is -0.457 e. The molecule has 13 rings (SSSR count). The molecule has 0 fully saturated rings. The fraction of sp³-hybridized carbons (Fsp3) is 0.181. The monoisotopic (exact) mass is 1020 g/mol. The molecule has 4 heterocycles. The van der Waals surface area contributed by atoms with E-state index in [2.05, 4.69) is 294 Å². The maximum atomic E-state index is 6.99. The maximum Gasteiger partial charge on any atom is 0.137 e. The summed E-state index contributed by atoms with van der Waals surface area (Å²) in [6, 6.07) is 77.4. The topological polar surface area (TPSA) is 38.5 Å². The van der Waals surface area contributed by atoms with Gasteiger partial charge in [-0.1, -0.05) is 165 Å². The first kappa shape index (κ1) is 48.8. The van der Waals surface area contributed by atoms with Crippen LogP contribution in [-0.4, -0.2) is 20.8 Å². The van der Waals surface area contributed by atoms with Crippen molar-refractivity contribution >= 4 is 66.4 Å². The Morgan fingerprint density at radius 2 is 0.910 bits per heavy atom. The summed E-state index contributed by atoms with van der Waals surface area (Å²) in [5, 5.41) is 4.66. The van der Waals surface area contributed by atoms with Crippen LogP contribution in [0.2, 0.25) is 0 Å². The fourth-order valence-corrected chi connectivity index (χ4v) is 11.6. The van der Waals surface area contributed by atoms with Crippen LogP contribution in [0.5, 0.6) is 11.5 Å². The van der Waals surface area contributed by atoms with Gasteiger partial charge in [0.25, 0.3) is 0 Å². The van der Waals surface area contributed by atoms with Gasteiger partial charge in [-0.15, -0.1) is 0 Å². The molecule has 1 aliphatic rings. The molecule has 9 aromatic carbocycles. The van der Waals surface area contributed by atoms with Crippen molar-refractivity contribution in [2.75, 3.05) is 16.5 Å². The molecule has 3 aromatic heterocycles. The Morgan fingerprint density at radius 3 is 1.51 bits per heavy atom. The number of fused-ring (bicyclic) bond motifs is 7. The van der Waals surface area contributed by atoms with Gasteiger partial charge in [0.05, 0.1) is 39.1 Å². The Bertz CT molecular complexity index is 4150. The van der Waals surface area contributed by atoms with Gasteiger partial charge < -0.3 is 19.1 Å². The highest BCUT2D eigenvalue weighted by Gasteiger charge is 2.31. The summed E-state index contributed by atoms with van der Waals surface area (Å²) in [5.41, 5.74) is 18.7. The molecule has 1 aliphatic heterocycles. The van der Waals surface area contributed by atoms with Crippen LogP contribution in [0.15, 0.2) is 219 Å². The van der Waals surface area contributed by atoms with Crippen molar-refractivity contribution in [2.24, 2.45) is 0 Å². The van der Waals surface area contributed by atoms with Crippen molar-refractivity contribution in [3.05, 3.63) is 235 Å². The molecule has 0 amide bonds. The first-order chi connectivity index (χ1) is 37.5. The number of hydrogen-bond acceptors (Lipinski definition) is 4. The van der Waals surface area contributed by atoms with Crippen LogP contribution in [-0.2, 0) is 16.2 Å². The largest absolute Gasteiger partial charge is 0.457 e. The summed E-state index contributed by atoms with van der Waals surface area (Å²) in [7, 11) is 0. The zero-order valence-electron chi connectivity index (χ0n) is 46.1. The molecule has 0 unspecified atom stereocenters. The third-order valence-corrected chi connectivity index (χ3v) is 15.9. The summed E-state index contributed by atoms with van der Waals surface area (Å²) >= 11 is 0. The summed E-state index contributed by atoms with van der Waals surface area (Å²) in [6.07, 6.45) is 1.95. The summed E-state index contributed by atoms with van der Waals surface area (Å²) in [4.78, 5) is 9.98. The van der Waals surface area contributed by atoms with Gasteiger partial charge in [0.2, 0.25) is 0 Å². The zero-order chi connectivity index (χ0) is 53.7. The van der Waals surface area contributed by atoms with Gasteiger partial charge >= 0.3 is 0 Å². The van der Waals surface area contributed by atoms with E-state index in [-0.39, 0.29) is 16.2 Å². The molecule has 0 saturated heterocycles. The minimum atomic E-state index is -0.0835. The van der Waals surface area contributed by atoms with Crippen molar-refractivity contribution in [3.8, 4) is 45.3 Å². The van der Waals surface area contributed by atoms with E-state index in [0.717, 1.165) is 67.2 Å². The number of ether oxygens (including phenoxy) is 1. The third-order valence-electron chi connectivity index (χ3n) is 15.9. The van der Waals surface area contributed by atoms with Crippen LogP contribution in [0.4, 0.5) is 22.7 Å². The standard InChI is InChI=1S/C72H65N5O/c1-70(2,3)51-36-37-73-68(43-51)77-66-29-19-28-65(76-61-34-30-49(47-20-12-10-13-21-47)38-59(61)60-39-50(31-35-62(60)76)48-22-14-11-15-23-48)69(66)58-33-32-57(45-67(58)77)78-56-25-18-24-54(44-56)74-46-75(64-27-17-16-26-63(64)74)55-41-52(71(4,5)6)40-53(42-55)72(7,8)9/h10-45H,46H2,1-9H3. The molecule has 0 spiro atoms. The second-order valence-corrected chi connectivity index (χ2v) is 24.2. The first-order valence-corrected chi connectivity index (χ1v) is 27.4. The highest BCUT2D eigenvalue weighted by atomic mass is 16.5. The Morgan fingerprint density at radius 1 is 0.359 bits per heavy atom. The van der Waals surface area contributed by atoms with Gasteiger partial charge in [-0.05, 0) is 152 Å². The van der Waals surface area contributed by atoms with Crippen LogP contribution >= 0.6 is 0 Å². The van der Waals surface area contributed by atoms with Crippen LogP contribution < -0.4 is 14.5 Å². The van der Waals surface area contributed by atoms with E-state index in [4.69, 9.17) is 9.72 Å². The molecule has 6 heteroatoms. The molecule has 6 nitrogen and oxygen atoms in total. The number of nitrogens with zero attached hydrogens (tertiary/aromatic N) is 5. The van der Waals surface area contributed by atoms with E-state index >= 15 is 0 Å². The van der Waals surface area contributed by atoms with Gasteiger partial charge in [-0.2, -0.15) is 0 Å². The number of hydrogen-bond donors (Lipinski definition) is 0. The summed E-state index contributed by atoms with van der Waals surface area (Å²) in [6.45, 7) is 21.3. The van der Waals surface area contributed by atoms with Gasteiger partial charge in [0.1, 0.15) is 24.0 Å². The van der Waals surface area contributed by atoms with Gasteiger partial charge in [0.15, 0.2) is 0 Å². The lowest BCUT2D eigenvalue weighted by Crippen LogP contribution is -2.25. The lowest BCUT2D eigenvalue weighted by molar-refractivity contribution is 0.483. The van der Waals surface area contributed by atoms with Crippen LogP contribution in [0, 0.1) is 0 Å². The van der Waals surface area contributed by atoms with Gasteiger partial charge in [0, 0.05) is 51.2 Å². The lowest BCUT2D eigenvalue weighted by Gasteiger charge is -2.29. The molecule has 0 saturated carbocycles. The molecule has 0 aliphatic carbocycles. The normalized spacial score (nSPS) is 13.1. The predicted octanol–water partition coefficient (Wildman–Crippen LogP) is 19.5. The lowest BCUT2D eigenvalue weighted by atomic mass is 9.80. The van der Waals surface area contributed by atoms with Crippen molar-refractivity contribution in [3.63, 3.8) is 0 Å². The Hall–Kier alpha value is -8.87. The second kappa shape index (κ2) is 18.4. The molecule has 384 valence electrons. The van der Waals surface area contributed by atoms with Crippen molar-refractivity contribution in [1.82, 2.24) is 14.1 Å². The minimum absolute atomic E-state index is 0.00107. The number of aromatic nitrogens is 3. The van der Waals surface area contributed by atoms with Crippen molar-refractivity contribution in [2.45, 2.75) is 78.6 Å². The Labute approximate surface area is 458 Å². The fourth-order valence-electron chi connectivity index (χ4n) is 11.6. The van der Waals surface area contributed by atoms with E-state index < -0.39 is 0 Å². The maximum absolute atomic E-state index is 6.99. The smallest absolute Gasteiger partial charge is 0.137 e. The zero-order valence-corrected chi connectivity index (χ0v) is 46.1. The first-order valence-electron chi connectivity index (χ1n) is 27.4. The molecule has 0 bridgehead atoms. The number of para-hydroxylation sites is 2. The van der Waals surface area contributed by atoms with Gasteiger partial charge in [-0.25, -0.2) is 4.98 Å². The van der Waals surface area contributed by atoms with Crippen molar-refractivity contribution < 1.29 is 4.74 Å². The van der Waals surface area contributed by atoms with E-state index in [1.165, 1.54) is 61.1 Å². The average molecular weight is 1020 g/mol. The Balaban J connectivity index is 0.943. The average Bonchev–Trinajstić information content (AvgIpc) is 4.21. The van der Waals surface area contributed by atoms with Crippen LogP contribution in [0.25, 0.3) is 77.4 Å². The van der Waals surface area contributed by atoms with Gasteiger partial charge in [-0.3, -0.25) is 4.57 Å². The molecule has 0 atom stereocenters. The molecule has 12 aromatic rings. The molecule has 0 radical (unpaired) electrons. The summed E-state index contributed by atoms with van der Waals surface area (Å²) in [5.74, 6) is 2.37. The highest BCUT2D eigenvalue weighted by molar-refractivity contribution is 6.17. The van der Waals surface area contributed by atoms with E-state index in [1.54, 1.807) is 0 Å². The van der Waals surface area contributed by atoms with E-state index in [0.29, 0.717) is 6.67 Å². The van der Waals surface area contributed by atoms with Crippen LogP contribution in [0.1, 0.15) is 79.0 Å². The number of rotatable bonds is 8. The molecule has 0 N–H and O–H groups in total. The Kier molecular flexibility index (Phi) is 11.5. The molecular formula is C72H65N5O. The quantitative estimate of drug-likeness (QED) is 0.152. The van der Waals surface area contributed by atoms with Crippen LogP contribution in [0.3, 0.4) is 0 Å². The van der Waals surface area contributed by atoms with E-state index in [1.807, 2.05) is 6.20 Å². The second-order valence-electron chi connectivity index (χ2n) is 24.2. The molecular weight excluding hydrogens is 951 g/mol.